The molecule has 0 atom stereocenters. The van der Waals surface area contributed by atoms with Gasteiger partial charge in [-0.15, -0.1) is 0 Å². The summed E-state index contributed by atoms with van der Waals surface area (Å²) in [5.41, 5.74) is 0.656. The average molecular weight is 416 g/mol. The standard InChI is InChI=1S/C22H33N5O3/c1-17(2)22-23-7-8-27(22)14-13-25-9-11-26(12-10-25)16-21(28)24-19-6-5-18(29-3)15-20(19)30-4/h5-8,15,17H,9-14,16H2,1-4H3,(H,24,28). The van der Waals surface area contributed by atoms with Crippen LogP contribution in [-0.2, 0) is 11.3 Å². The van der Waals surface area contributed by atoms with E-state index >= 15 is 0 Å². The van der Waals surface area contributed by atoms with Gasteiger partial charge in [-0.2, -0.15) is 0 Å². The first-order chi connectivity index (χ1) is 14.5. The van der Waals surface area contributed by atoms with Gasteiger partial charge < -0.3 is 19.4 Å². The molecule has 0 radical (unpaired) electrons. The Morgan fingerprint density at radius 3 is 2.50 bits per heavy atom. The van der Waals surface area contributed by atoms with Gasteiger partial charge in [0, 0.05) is 63.6 Å². The lowest BCUT2D eigenvalue weighted by atomic mass is 10.2. The lowest BCUT2D eigenvalue weighted by Gasteiger charge is -2.34. The van der Waals surface area contributed by atoms with Crippen LogP contribution in [0.3, 0.4) is 0 Å². The zero-order chi connectivity index (χ0) is 21.5. The van der Waals surface area contributed by atoms with E-state index in [1.54, 1.807) is 26.4 Å². The number of ether oxygens (including phenoxy) is 2. The van der Waals surface area contributed by atoms with E-state index in [2.05, 4.69) is 44.7 Å². The fraction of sp³-hybridized carbons (Fsp3) is 0.545. The van der Waals surface area contributed by atoms with Crippen LogP contribution >= 0.6 is 0 Å². The number of carbonyl (C=O) groups is 1. The lowest BCUT2D eigenvalue weighted by Crippen LogP contribution is -2.49. The molecule has 0 saturated carbocycles. The molecule has 8 nitrogen and oxygen atoms in total. The number of carbonyl (C=O) groups excluding carboxylic acids is 1. The molecule has 0 bridgehead atoms. The van der Waals surface area contributed by atoms with E-state index < -0.39 is 0 Å². The number of amides is 1. The Morgan fingerprint density at radius 2 is 1.83 bits per heavy atom. The summed E-state index contributed by atoms with van der Waals surface area (Å²) in [5, 5.41) is 2.95. The smallest absolute Gasteiger partial charge is 0.238 e. The molecule has 0 unspecified atom stereocenters. The van der Waals surface area contributed by atoms with Crippen molar-refractivity contribution in [2.24, 2.45) is 0 Å². The molecule has 0 spiro atoms. The van der Waals surface area contributed by atoms with Gasteiger partial charge in [-0.25, -0.2) is 4.98 Å². The molecule has 1 N–H and O–H groups in total. The number of imidazole rings is 1. The van der Waals surface area contributed by atoms with Crippen LogP contribution in [0.2, 0.25) is 0 Å². The maximum atomic E-state index is 12.5. The van der Waals surface area contributed by atoms with Crippen molar-refractivity contribution in [3.8, 4) is 11.5 Å². The second-order valence-corrected chi connectivity index (χ2v) is 7.87. The van der Waals surface area contributed by atoms with Gasteiger partial charge in [0.25, 0.3) is 0 Å². The summed E-state index contributed by atoms with van der Waals surface area (Å²) in [6.07, 6.45) is 3.94. The molecule has 2 aromatic rings. The third kappa shape index (κ3) is 5.73. The number of nitrogens with one attached hydrogen (secondary N) is 1. The minimum absolute atomic E-state index is 0.0353. The highest BCUT2D eigenvalue weighted by molar-refractivity contribution is 5.93. The van der Waals surface area contributed by atoms with Gasteiger partial charge >= 0.3 is 0 Å². The second kappa shape index (κ2) is 10.4. The molecule has 30 heavy (non-hydrogen) atoms. The molecule has 8 heteroatoms. The molecule has 1 aromatic heterocycles. The van der Waals surface area contributed by atoms with Crippen molar-refractivity contribution >= 4 is 11.6 Å². The molecule has 0 aliphatic carbocycles. The van der Waals surface area contributed by atoms with Crippen LogP contribution in [0.15, 0.2) is 30.6 Å². The SMILES string of the molecule is COc1ccc(NC(=O)CN2CCN(CCn3ccnc3C(C)C)CC2)c(OC)c1. The second-order valence-electron chi connectivity index (χ2n) is 7.87. The maximum Gasteiger partial charge on any atom is 0.238 e. The van der Waals surface area contributed by atoms with Crippen LogP contribution in [0, 0.1) is 0 Å². The number of benzene rings is 1. The Morgan fingerprint density at radius 1 is 1.10 bits per heavy atom. The van der Waals surface area contributed by atoms with Crippen LogP contribution in [0.5, 0.6) is 11.5 Å². The van der Waals surface area contributed by atoms with Gasteiger partial charge in [0.1, 0.15) is 17.3 Å². The molecule has 1 amide bonds. The monoisotopic (exact) mass is 415 g/mol. The van der Waals surface area contributed by atoms with Crippen molar-refractivity contribution in [3.63, 3.8) is 0 Å². The third-order valence-electron chi connectivity index (χ3n) is 5.44. The van der Waals surface area contributed by atoms with Crippen molar-refractivity contribution in [2.45, 2.75) is 26.3 Å². The lowest BCUT2D eigenvalue weighted by molar-refractivity contribution is -0.117. The number of hydrogen-bond donors (Lipinski definition) is 1. The summed E-state index contributed by atoms with van der Waals surface area (Å²) < 4.78 is 12.8. The first-order valence-corrected chi connectivity index (χ1v) is 10.5. The fourth-order valence-electron chi connectivity index (χ4n) is 3.73. The highest BCUT2D eigenvalue weighted by Gasteiger charge is 2.20. The number of methoxy groups -OCH3 is 2. The number of piperazine rings is 1. The summed E-state index contributed by atoms with van der Waals surface area (Å²) in [4.78, 5) is 21.6. The Balaban J connectivity index is 1.43. The van der Waals surface area contributed by atoms with Gasteiger partial charge in [-0.05, 0) is 12.1 Å². The van der Waals surface area contributed by atoms with Crippen LogP contribution < -0.4 is 14.8 Å². The Hall–Kier alpha value is -2.58. The van der Waals surface area contributed by atoms with Gasteiger partial charge in [0.05, 0.1) is 26.5 Å². The molecular weight excluding hydrogens is 382 g/mol. The maximum absolute atomic E-state index is 12.5. The number of nitrogens with zero attached hydrogens (tertiary/aromatic N) is 4. The fourth-order valence-corrected chi connectivity index (χ4v) is 3.73. The number of anilines is 1. The summed E-state index contributed by atoms with van der Waals surface area (Å²) in [6.45, 7) is 10.4. The molecule has 1 aliphatic heterocycles. The molecule has 1 aliphatic rings. The van der Waals surface area contributed by atoms with Crippen molar-refractivity contribution in [3.05, 3.63) is 36.4 Å². The van der Waals surface area contributed by atoms with E-state index in [1.807, 2.05) is 12.3 Å². The number of hydrogen-bond acceptors (Lipinski definition) is 6. The average Bonchev–Trinajstić information content (AvgIpc) is 3.22. The molecule has 1 saturated heterocycles. The van der Waals surface area contributed by atoms with E-state index in [0.29, 0.717) is 29.6 Å². The number of rotatable bonds is 9. The van der Waals surface area contributed by atoms with Crippen LogP contribution in [-0.4, -0.2) is 78.7 Å². The van der Waals surface area contributed by atoms with E-state index in [1.165, 1.54) is 0 Å². The highest BCUT2D eigenvalue weighted by atomic mass is 16.5. The Labute approximate surface area is 178 Å². The van der Waals surface area contributed by atoms with Crippen molar-refractivity contribution in [1.82, 2.24) is 19.4 Å². The highest BCUT2D eigenvalue weighted by Crippen LogP contribution is 2.29. The number of aromatic nitrogens is 2. The molecular formula is C22H33N5O3. The zero-order valence-electron chi connectivity index (χ0n) is 18.4. The van der Waals surface area contributed by atoms with Gasteiger partial charge in [0.2, 0.25) is 5.91 Å². The Kier molecular flexibility index (Phi) is 7.70. The molecule has 164 valence electrons. The molecule has 2 heterocycles. The minimum Gasteiger partial charge on any atom is -0.497 e. The van der Waals surface area contributed by atoms with Crippen LogP contribution in [0.4, 0.5) is 5.69 Å². The van der Waals surface area contributed by atoms with E-state index in [9.17, 15) is 4.79 Å². The van der Waals surface area contributed by atoms with Crippen molar-refractivity contribution < 1.29 is 14.3 Å². The van der Waals surface area contributed by atoms with E-state index in [-0.39, 0.29) is 5.91 Å². The minimum atomic E-state index is -0.0353. The van der Waals surface area contributed by atoms with Gasteiger partial charge in [-0.1, -0.05) is 13.8 Å². The molecule has 3 rings (SSSR count). The summed E-state index contributed by atoms with van der Waals surface area (Å²) in [5.74, 6) is 2.82. The molecule has 1 fully saturated rings. The summed E-state index contributed by atoms with van der Waals surface area (Å²) in [7, 11) is 3.18. The first-order valence-electron chi connectivity index (χ1n) is 10.5. The normalized spacial score (nSPS) is 15.4. The predicted octanol–water partition coefficient (Wildman–Crippen LogP) is 2.28. The van der Waals surface area contributed by atoms with Crippen molar-refractivity contribution in [2.75, 3.05) is 58.8 Å². The Bertz CT molecular complexity index is 828. The third-order valence-corrected chi connectivity index (χ3v) is 5.44. The molecule has 1 aromatic carbocycles. The summed E-state index contributed by atoms with van der Waals surface area (Å²) in [6, 6.07) is 5.37. The van der Waals surface area contributed by atoms with Crippen LogP contribution in [0.25, 0.3) is 0 Å². The van der Waals surface area contributed by atoms with E-state index in [0.717, 1.165) is 45.1 Å². The quantitative estimate of drug-likeness (QED) is 0.678. The van der Waals surface area contributed by atoms with Gasteiger partial charge in [-0.3, -0.25) is 14.6 Å². The summed E-state index contributed by atoms with van der Waals surface area (Å²) >= 11 is 0. The predicted molar refractivity (Wildman–Crippen MR) is 117 cm³/mol. The van der Waals surface area contributed by atoms with Crippen molar-refractivity contribution in [1.29, 1.82) is 0 Å². The zero-order valence-corrected chi connectivity index (χ0v) is 18.4. The van der Waals surface area contributed by atoms with Gasteiger partial charge in [0.15, 0.2) is 0 Å². The topological polar surface area (TPSA) is 71.9 Å². The van der Waals surface area contributed by atoms with Crippen LogP contribution in [0.1, 0.15) is 25.6 Å². The largest absolute Gasteiger partial charge is 0.497 e. The van der Waals surface area contributed by atoms with E-state index in [4.69, 9.17) is 9.47 Å². The first kappa shape index (κ1) is 22.1.